The first kappa shape index (κ1) is 11.7. The summed E-state index contributed by atoms with van der Waals surface area (Å²) in [4.78, 5) is 4.27. The maximum absolute atomic E-state index is 5.68. The van der Waals surface area contributed by atoms with Crippen LogP contribution in [0.5, 0.6) is 5.75 Å². The van der Waals surface area contributed by atoms with Gasteiger partial charge in [-0.15, -0.1) is 0 Å². The van der Waals surface area contributed by atoms with Crippen molar-refractivity contribution in [3.05, 3.63) is 36.2 Å². The minimum Gasteiger partial charge on any atom is -0.496 e. The molecule has 0 aliphatic rings. The summed E-state index contributed by atoms with van der Waals surface area (Å²) in [7, 11) is 3.56. The number of nitrogens with one attached hydrogen (secondary N) is 1. The average Bonchev–Trinajstić information content (AvgIpc) is 2.85. The molecule has 0 atom stereocenters. The van der Waals surface area contributed by atoms with Crippen LogP contribution in [0.25, 0.3) is 11.5 Å². The van der Waals surface area contributed by atoms with Crippen molar-refractivity contribution in [3.63, 3.8) is 0 Å². The lowest BCUT2D eigenvalue weighted by Crippen LogP contribution is -2.09. The number of likely N-dealkylation sites (N-methyl/N-ethyl adjacent to an activating group) is 1. The summed E-state index contributed by atoms with van der Waals surface area (Å²) in [5, 5.41) is 3.08. The molecule has 2 rings (SSSR count). The summed E-state index contributed by atoms with van der Waals surface area (Å²) < 4.78 is 11.0. The molecule has 0 fully saturated rings. The molecule has 4 heteroatoms. The van der Waals surface area contributed by atoms with E-state index < -0.39 is 0 Å². The minimum atomic E-state index is 0.605. The van der Waals surface area contributed by atoms with Gasteiger partial charge in [0.25, 0.3) is 0 Å². The van der Waals surface area contributed by atoms with Crippen LogP contribution in [-0.4, -0.2) is 25.7 Å². The Morgan fingerprint density at radius 3 is 2.94 bits per heavy atom. The molecule has 0 aliphatic carbocycles. The van der Waals surface area contributed by atoms with Gasteiger partial charge in [-0.05, 0) is 19.2 Å². The van der Waals surface area contributed by atoms with E-state index in [1.165, 1.54) is 0 Å². The first-order valence-electron chi connectivity index (χ1n) is 5.58. The zero-order valence-corrected chi connectivity index (χ0v) is 10.1. The normalized spacial score (nSPS) is 10.5. The van der Waals surface area contributed by atoms with Crippen LogP contribution in [-0.2, 0) is 6.42 Å². The SMILES string of the molecule is CNCCc1cnc(-c2ccccc2OC)o1. The summed E-state index contributed by atoms with van der Waals surface area (Å²) in [5.41, 5.74) is 0.880. The number of hydrogen-bond donors (Lipinski definition) is 1. The Morgan fingerprint density at radius 2 is 2.18 bits per heavy atom. The number of ether oxygens (including phenoxy) is 1. The molecule has 1 aromatic heterocycles. The van der Waals surface area contributed by atoms with Crippen LogP contribution in [0, 0.1) is 0 Å². The lowest BCUT2D eigenvalue weighted by Gasteiger charge is -2.03. The Balaban J connectivity index is 2.24. The first-order chi connectivity index (χ1) is 8.35. The Bertz CT molecular complexity index is 480. The van der Waals surface area contributed by atoms with Gasteiger partial charge >= 0.3 is 0 Å². The molecule has 2 aromatic rings. The van der Waals surface area contributed by atoms with Crippen molar-refractivity contribution in [2.75, 3.05) is 20.7 Å². The van der Waals surface area contributed by atoms with Gasteiger partial charge in [0.15, 0.2) is 0 Å². The first-order valence-corrected chi connectivity index (χ1v) is 5.58. The molecule has 1 N–H and O–H groups in total. The Labute approximate surface area is 101 Å². The molecule has 0 saturated heterocycles. The molecule has 0 amide bonds. The van der Waals surface area contributed by atoms with Gasteiger partial charge in [-0.25, -0.2) is 4.98 Å². The van der Waals surface area contributed by atoms with Crippen molar-refractivity contribution in [3.8, 4) is 17.2 Å². The molecule has 0 unspecified atom stereocenters. The number of benzene rings is 1. The zero-order valence-electron chi connectivity index (χ0n) is 10.1. The molecule has 1 aromatic carbocycles. The molecular weight excluding hydrogens is 216 g/mol. The van der Waals surface area contributed by atoms with Gasteiger partial charge in [0, 0.05) is 13.0 Å². The lowest BCUT2D eigenvalue weighted by atomic mass is 10.2. The molecule has 90 valence electrons. The van der Waals surface area contributed by atoms with Crippen LogP contribution in [0.15, 0.2) is 34.9 Å². The number of oxazole rings is 1. The molecule has 0 aliphatic heterocycles. The summed E-state index contributed by atoms with van der Waals surface area (Å²) >= 11 is 0. The number of aromatic nitrogens is 1. The average molecular weight is 232 g/mol. The van der Waals surface area contributed by atoms with Gasteiger partial charge in [0.05, 0.1) is 18.9 Å². The van der Waals surface area contributed by atoms with Gasteiger partial charge in [-0.3, -0.25) is 0 Å². The van der Waals surface area contributed by atoms with E-state index in [9.17, 15) is 0 Å². The number of rotatable bonds is 5. The topological polar surface area (TPSA) is 47.3 Å². The van der Waals surface area contributed by atoms with Crippen molar-refractivity contribution in [2.45, 2.75) is 6.42 Å². The summed E-state index contributed by atoms with van der Waals surface area (Å²) in [6.07, 6.45) is 2.60. The molecule has 17 heavy (non-hydrogen) atoms. The second-order valence-corrected chi connectivity index (χ2v) is 3.69. The van der Waals surface area contributed by atoms with E-state index in [2.05, 4.69) is 10.3 Å². The maximum atomic E-state index is 5.68. The monoisotopic (exact) mass is 232 g/mol. The molecule has 0 spiro atoms. The summed E-state index contributed by atoms with van der Waals surface area (Å²) in [6, 6.07) is 7.70. The van der Waals surface area contributed by atoms with E-state index in [-0.39, 0.29) is 0 Å². The fourth-order valence-corrected chi connectivity index (χ4v) is 1.62. The van der Waals surface area contributed by atoms with Crippen LogP contribution in [0.2, 0.25) is 0 Å². The van der Waals surface area contributed by atoms with E-state index in [4.69, 9.17) is 9.15 Å². The van der Waals surface area contributed by atoms with Gasteiger partial charge in [-0.2, -0.15) is 0 Å². The zero-order chi connectivity index (χ0) is 12.1. The second-order valence-electron chi connectivity index (χ2n) is 3.69. The largest absolute Gasteiger partial charge is 0.496 e. The highest BCUT2D eigenvalue weighted by atomic mass is 16.5. The van der Waals surface area contributed by atoms with E-state index in [0.717, 1.165) is 30.0 Å². The van der Waals surface area contributed by atoms with Crippen LogP contribution in [0.1, 0.15) is 5.76 Å². The highest BCUT2D eigenvalue weighted by Gasteiger charge is 2.10. The number of hydrogen-bond acceptors (Lipinski definition) is 4. The molecule has 4 nitrogen and oxygen atoms in total. The third-order valence-corrected chi connectivity index (χ3v) is 2.51. The van der Waals surface area contributed by atoms with Gasteiger partial charge in [0.1, 0.15) is 11.5 Å². The fraction of sp³-hybridized carbons (Fsp3) is 0.308. The highest BCUT2D eigenvalue weighted by Crippen LogP contribution is 2.28. The molecule has 0 saturated carbocycles. The molecule has 0 bridgehead atoms. The van der Waals surface area contributed by atoms with Crippen LogP contribution >= 0.6 is 0 Å². The second kappa shape index (κ2) is 5.50. The van der Waals surface area contributed by atoms with Gasteiger partial charge < -0.3 is 14.5 Å². The standard InChI is InChI=1S/C13H16N2O2/c1-14-8-7-10-9-15-13(17-10)11-5-3-4-6-12(11)16-2/h3-6,9,14H,7-8H2,1-2H3. The van der Waals surface area contributed by atoms with E-state index >= 15 is 0 Å². The maximum Gasteiger partial charge on any atom is 0.229 e. The van der Waals surface area contributed by atoms with E-state index in [1.807, 2.05) is 31.3 Å². The van der Waals surface area contributed by atoms with Crippen LogP contribution in [0.3, 0.4) is 0 Å². The van der Waals surface area contributed by atoms with E-state index in [0.29, 0.717) is 5.89 Å². The van der Waals surface area contributed by atoms with Crippen molar-refractivity contribution in [1.82, 2.24) is 10.3 Å². The quantitative estimate of drug-likeness (QED) is 0.857. The van der Waals surface area contributed by atoms with E-state index in [1.54, 1.807) is 13.3 Å². The Hall–Kier alpha value is -1.81. The van der Waals surface area contributed by atoms with Crippen molar-refractivity contribution < 1.29 is 9.15 Å². The predicted molar refractivity (Wildman–Crippen MR) is 66.1 cm³/mol. The third kappa shape index (κ3) is 2.65. The van der Waals surface area contributed by atoms with Crippen molar-refractivity contribution in [1.29, 1.82) is 0 Å². The van der Waals surface area contributed by atoms with Crippen LogP contribution in [0.4, 0.5) is 0 Å². The van der Waals surface area contributed by atoms with Gasteiger partial charge in [0.2, 0.25) is 5.89 Å². The molecule has 1 heterocycles. The van der Waals surface area contributed by atoms with Gasteiger partial charge in [-0.1, -0.05) is 12.1 Å². The third-order valence-electron chi connectivity index (χ3n) is 2.51. The summed E-state index contributed by atoms with van der Waals surface area (Å²) in [6.45, 7) is 0.876. The van der Waals surface area contributed by atoms with Crippen molar-refractivity contribution in [2.24, 2.45) is 0 Å². The lowest BCUT2D eigenvalue weighted by molar-refractivity contribution is 0.413. The number of methoxy groups -OCH3 is 1. The highest BCUT2D eigenvalue weighted by molar-refractivity contribution is 5.62. The molecular formula is C13H16N2O2. The predicted octanol–water partition coefficient (Wildman–Crippen LogP) is 2.11. The van der Waals surface area contributed by atoms with Crippen molar-refractivity contribution >= 4 is 0 Å². The fourth-order valence-electron chi connectivity index (χ4n) is 1.62. The minimum absolute atomic E-state index is 0.605. The number of nitrogens with zero attached hydrogens (tertiary/aromatic N) is 1. The Kier molecular flexibility index (Phi) is 3.77. The smallest absolute Gasteiger partial charge is 0.229 e. The summed E-state index contributed by atoms with van der Waals surface area (Å²) in [5.74, 6) is 2.25. The molecule has 0 radical (unpaired) electrons. The van der Waals surface area contributed by atoms with Crippen LogP contribution < -0.4 is 10.1 Å². The number of para-hydroxylation sites is 1. The Morgan fingerprint density at radius 1 is 1.35 bits per heavy atom.